The summed E-state index contributed by atoms with van der Waals surface area (Å²) in [5, 5.41) is 14.4. The minimum absolute atomic E-state index is 0.0256. The molecule has 2 saturated heterocycles. The largest absolute Gasteiger partial charge is 0.463 e. The number of nitro benzene ring substituents is 1. The number of non-ortho nitro benzene ring substituents is 1. The summed E-state index contributed by atoms with van der Waals surface area (Å²) in [6.45, 7) is 4.45. The maximum atomic E-state index is 12.4. The van der Waals surface area contributed by atoms with Crippen molar-refractivity contribution in [3.63, 3.8) is 0 Å². The predicted octanol–water partition coefficient (Wildman–Crippen LogP) is 2.72. The number of benzene rings is 1. The smallest absolute Gasteiger partial charge is 0.335 e. The van der Waals surface area contributed by atoms with Gasteiger partial charge in [0.15, 0.2) is 0 Å². The molecule has 26 heavy (non-hydrogen) atoms. The molecule has 0 N–H and O–H groups in total. The van der Waals surface area contributed by atoms with Gasteiger partial charge in [-0.3, -0.25) is 14.9 Å². The van der Waals surface area contributed by atoms with Crippen molar-refractivity contribution < 1.29 is 19.2 Å². The molecule has 1 aromatic rings. The van der Waals surface area contributed by atoms with E-state index in [0.717, 1.165) is 5.56 Å². The van der Waals surface area contributed by atoms with Crippen LogP contribution in [0.5, 0.6) is 0 Å². The molecular weight excluding hydrogens is 338 g/mol. The number of rotatable bonds is 5. The highest BCUT2D eigenvalue weighted by Gasteiger charge is 2.45. The quantitative estimate of drug-likeness (QED) is 0.347. The lowest BCUT2D eigenvalue weighted by Crippen LogP contribution is -2.33. The molecule has 138 valence electrons. The number of hydrogen-bond donors (Lipinski definition) is 0. The number of amides is 1. The summed E-state index contributed by atoms with van der Waals surface area (Å²) in [5.74, 6) is -0.436. The average molecular weight is 359 g/mol. The predicted molar refractivity (Wildman–Crippen MR) is 92.6 cm³/mol. The molecule has 0 aliphatic carbocycles. The minimum atomic E-state index is -0.439. The van der Waals surface area contributed by atoms with Crippen LogP contribution in [0.15, 0.2) is 35.5 Å². The van der Waals surface area contributed by atoms with Gasteiger partial charge in [0.25, 0.3) is 5.69 Å². The number of carbonyl (C=O) groups excluding carboxylic acids is 2. The Morgan fingerprint density at radius 2 is 2.00 bits per heavy atom. The van der Waals surface area contributed by atoms with E-state index >= 15 is 0 Å². The van der Waals surface area contributed by atoms with E-state index in [1.54, 1.807) is 24.1 Å². The van der Waals surface area contributed by atoms with Crippen LogP contribution in [-0.4, -0.2) is 40.0 Å². The zero-order valence-corrected chi connectivity index (χ0v) is 14.8. The third-order valence-electron chi connectivity index (χ3n) is 4.76. The van der Waals surface area contributed by atoms with Crippen LogP contribution in [0.25, 0.3) is 0 Å². The molecule has 1 amide bonds. The highest BCUT2D eigenvalue weighted by molar-refractivity contribution is 5.91. The molecule has 8 nitrogen and oxygen atoms in total. The number of nitro groups is 1. The molecule has 3 rings (SSSR count). The van der Waals surface area contributed by atoms with Crippen molar-refractivity contribution >= 4 is 17.6 Å². The second kappa shape index (κ2) is 7.25. The zero-order valence-electron chi connectivity index (χ0n) is 14.8. The van der Waals surface area contributed by atoms with Crippen molar-refractivity contribution in [2.45, 2.75) is 39.2 Å². The Morgan fingerprint density at radius 3 is 2.58 bits per heavy atom. The van der Waals surface area contributed by atoms with Crippen LogP contribution in [0.3, 0.4) is 0 Å². The summed E-state index contributed by atoms with van der Waals surface area (Å²) >= 11 is 0. The first-order valence-electron chi connectivity index (χ1n) is 8.70. The van der Waals surface area contributed by atoms with Gasteiger partial charge in [0.05, 0.1) is 28.8 Å². The lowest BCUT2D eigenvalue weighted by Gasteiger charge is -2.25. The van der Waals surface area contributed by atoms with Crippen LogP contribution in [0.1, 0.15) is 44.7 Å². The normalized spacial score (nSPS) is 21.7. The molecule has 2 heterocycles. The van der Waals surface area contributed by atoms with Crippen molar-refractivity contribution in [3.05, 3.63) is 51.2 Å². The summed E-state index contributed by atoms with van der Waals surface area (Å²) in [4.78, 5) is 35.1. The Kier molecular flexibility index (Phi) is 5.03. The van der Waals surface area contributed by atoms with Gasteiger partial charge in [0, 0.05) is 31.5 Å². The molecule has 0 aromatic heterocycles. The van der Waals surface area contributed by atoms with Gasteiger partial charge < -0.3 is 4.74 Å². The van der Waals surface area contributed by atoms with Gasteiger partial charge in [-0.25, -0.2) is 14.8 Å². The number of hydrogen-bond acceptors (Lipinski definition) is 6. The van der Waals surface area contributed by atoms with Gasteiger partial charge in [-0.1, -0.05) is 19.1 Å². The van der Waals surface area contributed by atoms with E-state index in [2.05, 4.69) is 0 Å². The number of hydrazine groups is 1. The first-order valence-corrected chi connectivity index (χ1v) is 8.70. The molecule has 2 fully saturated rings. The Morgan fingerprint density at radius 1 is 1.31 bits per heavy atom. The third kappa shape index (κ3) is 3.08. The SMILES string of the molecule is CCOC(=O)/C(CC)=C1/CC(c2ccc([N+](=O)[O-])cc2)N2CCC(=O)N12. The molecule has 0 bridgehead atoms. The van der Waals surface area contributed by atoms with E-state index in [4.69, 9.17) is 4.74 Å². The maximum absolute atomic E-state index is 12.4. The molecule has 0 spiro atoms. The van der Waals surface area contributed by atoms with E-state index in [0.29, 0.717) is 37.1 Å². The van der Waals surface area contributed by atoms with Gasteiger partial charge in [-0.15, -0.1) is 0 Å². The fourth-order valence-corrected chi connectivity index (χ4v) is 3.58. The lowest BCUT2D eigenvalue weighted by atomic mass is 9.99. The van der Waals surface area contributed by atoms with Crippen molar-refractivity contribution in [1.29, 1.82) is 0 Å². The lowest BCUT2D eigenvalue weighted by molar-refractivity contribution is -0.384. The molecule has 1 unspecified atom stereocenters. The van der Waals surface area contributed by atoms with Crippen LogP contribution in [0.4, 0.5) is 5.69 Å². The van der Waals surface area contributed by atoms with Gasteiger partial charge in [0.1, 0.15) is 0 Å². The van der Waals surface area contributed by atoms with E-state index < -0.39 is 10.9 Å². The van der Waals surface area contributed by atoms with E-state index in [1.165, 1.54) is 12.1 Å². The van der Waals surface area contributed by atoms with Crippen LogP contribution in [-0.2, 0) is 14.3 Å². The van der Waals surface area contributed by atoms with Gasteiger partial charge >= 0.3 is 5.97 Å². The summed E-state index contributed by atoms with van der Waals surface area (Å²) in [7, 11) is 0. The van der Waals surface area contributed by atoms with Crippen molar-refractivity contribution in [2.75, 3.05) is 13.2 Å². The average Bonchev–Trinajstić information content (AvgIpc) is 3.18. The van der Waals surface area contributed by atoms with Crippen LogP contribution in [0, 0.1) is 10.1 Å². The van der Waals surface area contributed by atoms with E-state index in [-0.39, 0.29) is 24.2 Å². The molecular formula is C18H21N3O5. The van der Waals surface area contributed by atoms with E-state index in [1.807, 2.05) is 11.9 Å². The molecule has 2 aliphatic heterocycles. The van der Waals surface area contributed by atoms with Crippen molar-refractivity contribution in [1.82, 2.24) is 10.0 Å². The Hall–Kier alpha value is -2.74. The number of carbonyl (C=O) groups is 2. The monoisotopic (exact) mass is 359 g/mol. The summed E-state index contributed by atoms with van der Waals surface area (Å²) < 4.78 is 5.15. The van der Waals surface area contributed by atoms with Crippen LogP contribution in [0.2, 0.25) is 0 Å². The van der Waals surface area contributed by atoms with Gasteiger partial charge in [-0.05, 0) is 18.9 Å². The van der Waals surface area contributed by atoms with Crippen molar-refractivity contribution in [3.8, 4) is 0 Å². The van der Waals surface area contributed by atoms with Crippen LogP contribution < -0.4 is 0 Å². The van der Waals surface area contributed by atoms with Crippen LogP contribution >= 0.6 is 0 Å². The molecule has 0 radical (unpaired) electrons. The number of nitrogens with zero attached hydrogens (tertiary/aromatic N) is 3. The second-order valence-electron chi connectivity index (χ2n) is 6.19. The molecule has 0 saturated carbocycles. The highest BCUT2D eigenvalue weighted by Crippen LogP contribution is 2.43. The fourth-order valence-electron chi connectivity index (χ4n) is 3.58. The molecule has 1 aromatic carbocycles. The van der Waals surface area contributed by atoms with Gasteiger partial charge in [0.2, 0.25) is 5.91 Å². The fraction of sp³-hybridized carbons (Fsp3) is 0.444. The Balaban J connectivity index is 1.98. The third-order valence-corrected chi connectivity index (χ3v) is 4.76. The molecule has 1 atom stereocenters. The second-order valence-corrected chi connectivity index (χ2v) is 6.19. The summed E-state index contributed by atoms with van der Waals surface area (Å²) in [5.41, 5.74) is 2.09. The first-order chi connectivity index (χ1) is 12.5. The van der Waals surface area contributed by atoms with Crippen molar-refractivity contribution in [2.24, 2.45) is 0 Å². The van der Waals surface area contributed by atoms with E-state index in [9.17, 15) is 19.7 Å². The summed E-state index contributed by atoms with van der Waals surface area (Å²) in [6, 6.07) is 6.22. The first kappa shape index (κ1) is 18.1. The Bertz CT molecular complexity index is 772. The maximum Gasteiger partial charge on any atom is 0.335 e. The minimum Gasteiger partial charge on any atom is -0.463 e. The topological polar surface area (TPSA) is 93.0 Å². The number of esters is 1. The zero-order chi connectivity index (χ0) is 18.8. The Labute approximate surface area is 151 Å². The highest BCUT2D eigenvalue weighted by atomic mass is 16.6. The molecule has 2 aliphatic rings. The summed E-state index contributed by atoms with van der Waals surface area (Å²) in [6.07, 6.45) is 1.34. The number of fused-ring (bicyclic) bond motifs is 1. The number of ether oxygens (including phenoxy) is 1. The standard InChI is InChI=1S/C18H21N3O5/c1-3-14(18(23)26-4-2)16-11-15(19-10-9-17(22)20(16)19)12-5-7-13(8-6-12)21(24)25/h5-8,15H,3-4,9-11H2,1-2H3/b16-14-. The van der Waals surface area contributed by atoms with Gasteiger partial charge in [-0.2, -0.15) is 0 Å². The molecule has 8 heteroatoms.